The van der Waals surface area contributed by atoms with Gasteiger partial charge in [0.2, 0.25) is 5.91 Å². The maximum absolute atomic E-state index is 11.1. The van der Waals surface area contributed by atoms with Gasteiger partial charge in [0.25, 0.3) is 0 Å². The Balaban J connectivity index is 3.15. The normalized spacial score (nSPS) is 10.4. The van der Waals surface area contributed by atoms with Crippen molar-refractivity contribution in [3.63, 3.8) is 0 Å². The highest BCUT2D eigenvalue weighted by Gasteiger charge is 2.18. The van der Waals surface area contributed by atoms with Crippen LogP contribution in [-0.2, 0) is 4.79 Å². The highest BCUT2D eigenvalue weighted by molar-refractivity contribution is 6.32. The van der Waals surface area contributed by atoms with E-state index in [1.165, 1.54) is 6.33 Å². The van der Waals surface area contributed by atoms with E-state index in [4.69, 9.17) is 17.3 Å². The average Bonchev–Trinajstić information content (AvgIpc) is 2.26. The van der Waals surface area contributed by atoms with Gasteiger partial charge in [0.1, 0.15) is 17.3 Å². The third kappa shape index (κ3) is 3.66. The van der Waals surface area contributed by atoms with Crippen molar-refractivity contribution >= 4 is 29.6 Å². The quantitative estimate of drug-likeness (QED) is 0.612. The molecule has 1 heterocycles. The van der Waals surface area contributed by atoms with Gasteiger partial charge < -0.3 is 10.6 Å². The predicted octanol–water partition coefficient (Wildman–Crippen LogP) is 0.890. The van der Waals surface area contributed by atoms with E-state index in [0.29, 0.717) is 18.6 Å². The summed E-state index contributed by atoms with van der Waals surface area (Å²) in [5, 5.41) is 0.0632. The number of anilines is 1. The number of aldehydes is 1. The predicted molar refractivity (Wildman–Crippen MR) is 68.7 cm³/mol. The average molecular weight is 271 g/mol. The number of rotatable bonds is 6. The van der Waals surface area contributed by atoms with Crippen LogP contribution in [0.1, 0.15) is 24.2 Å². The highest BCUT2D eigenvalue weighted by atomic mass is 35.5. The Labute approximate surface area is 110 Å². The third-order valence-corrected chi connectivity index (χ3v) is 2.47. The zero-order chi connectivity index (χ0) is 13.7. The zero-order valence-corrected chi connectivity index (χ0v) is 11.0. The van der Waals surface area contributed by atoms with Crippen LogP contribution < -0.4 is 10.6 Å². The summed E-state index contributed by atoms with van der Waals surface area (Å²) in [6, 6.07) is 0. The lowest BCUT2D eigenvalue weighted by molar-refractivity contribution is -0.116. The van der Waals surface area contributed by atoms with Gasteiger partial charge in [0, 0.05) is 6.54 Å². The number of nitrogens with two attached hydrogens (primary N) is 1. The Bertz CT molecular complexity index is 451. The van der Waals surface area contributed by atoms with Gasteiger partial charge in [-0.05, 0) is 5.92 Å². The van der Waals surface area contributed by atoms with Crippen LogP contribution in [0.15, 0.2) is 6.33 Å². The van der Waals surface area contributed by atoms with Gasteiger partial charge in [0.05, 0.1) is 12.1 Å². The van der Waals surface area contributed by atoms with E-state index in [1.54, 1.807) is 4.90 Å². The van der Waals surface area contributed by atoms with Crippen molar-refractivity contribution in [2.75, 3.05) is 18.0 Å². The first-order chi connectivity index (χ1) is 8.45. The molecule has 0 unspecified atom stereocenters. The Kier molecular flexibility index (Phi) is 5.03. The summed E-state index contributed by atoms with van der Waals surface area (Å²) in [7, 11) is 0. The molecular weight excluding hydrogens is 256 g/mol. The molecule has 0 aliphatic carbocycles. The minimum Gasteiger partial charge on any atom is -0.368 e. The monoisotopic (exact) mass is 270 g/mol. The number of halogens is 1. The van der Waals surface area contributed by atoms with E-state index in [1.807, 2.05) is 13.8 Å². The van der Waals surface area contributed by atoms with Crippen LogP contribution in [0.5, 0.6) is 0 Å². The molecule has 0 saturated heterocycles. The molecular formula is C11H15ClN4O2. The van der Waals surface area contributed by atoms with Crippen LogP contribution in [-0.4, -0.2) is 35.3 Å². The molecule has 0 aliphatic rings. The van der Waals surface area contributed by atoms with Crippen molar-refractivity contribution in [1.29, 1.82) is 0 Å². The number of aromatic nitrogens is 2. The first-order valence-electron chi connectivity index (χ1n) is 5.44. The van der Waals surface area contributed by atoms with Gasteiger partial charge >= 0.3 is 0 Å². The van der Waals surface area contributed by atoms with Crippen LogP contribution in [0.3, 0.4) is 0 Å². The molecule has 1 amide bonds. The molecule has 0 aliphatic heterocycles. The van der Waals surface area contributed by atoms with Crippen LogP contribution in [0.25, 0.3) is 0 Å². The van der Waals surface area contributed by atoms with Gasteiger partial charge in [-0.1, -0.05) is 25.4 Å². The molecule has 98 valence electrons. The van der Waals surface area contributed by atoms with E-state index in [9.17, 15) is 9.59 Å². The van der Waals surface area contributed by atoms with Gasteiger partial charge in [-0.2, -0.15) is 0 Å². The molecule has 0 bridgehead atoms. The highest BCUT2D eigenvalue weighted by Crippen LogP contribution is 2.21. The molecule has 1 aromatic rings. The molecule has 2 N–H and O–H groups in total. The van der Waals surface area contributed by atoms with Crippen molar-refractivity contribution in [1.82, 2.24) is 9.97 Å². The second-order valence-electron chi connectivity index (χ2n) is 4.26. The molecule has 0 radical (unpaired) electrons. The van der Waals surface area contributed by atoms with Gasteiger partial charge in [0.15, 0.2) is 6.29 Å². The maximum atomic E-state index is 11.1. The molecule has 0 fully saturated rings. The third-order valence-electron chi connectivity index (χ3n) is 2.16. The Morgan fingerprint density at radius 2 is 2.22 bits per heavy atom. The summed E-state index contributed by atoms with van der Waals surface area (Å²) >= 11 is 5.82. The molecule has 1 rings (SSSR count). The van der Waals surface area contributed by atoms with Crippen molar-refractivity contribution in [3.8, 4) is 0 Å². The Morgan fingerprint density at radius 1 is 1.56 bits per heavy atom. The largest absolute Gasteiger partial charge is 0.368 e. The fourth-order valence-electron chi connectivity index (χ4n) is 1.57. The summed E-state index contributed by atoms with van der Waals surface area (Å²) in [6.07, 6.45) is 1.82. The number of carbonyl (C=O) groups excluding carboxylic acids is 2. The van der Waals surface area contributed by atoms with Crippen LogP contribution >= 0.6 is 11.6 Å². The lowest BCUT2D eigenvalue weighted by atomic mass is 10.2. The molecule has 0 aromatic carbocycles. The number of primary amides is 1. The number of nitrogens with zero attached hydrogens (tertiary/aromatic N) is 3. The fraction of sp³-hybridized carbons (Fsp3) is 0.455. The fourth-order valence-corrected chi connectivity index (χ4v) is 1.75. The van der Waals surface area contributed by atoms with Crippen molar-refractivity contribution in [2.24, 2.45) is 11.7 Å². The van der Waals surface area contributed by atoms with Crippen molar-refractivity contribution < 1.29 is 9.59 Å². The van der Waals surface area contributed by atoms with E-state index in [-0.39, 0.29) is 23.2 Å². The summed E-state index contributed by atoms with van der Waals surface area (Å²) in [4.78, 5) is 31.5. The van der Waals surface area contributed by atoms with Crippen molar-refractivity contribution in [2.45, 2.75) is 13.8 Å². The number of amides is 1. The second kappa shape index (κ2) is 6.30. The van der Waals surface area contributed by atoms with Gasteiger partial charge in [-0.15, -0.1) is 0 Å². The Hall–Kier alpha value is -1.69. The summed E-state index contributed by atoms with van der Waals surface area (Å²) in [5.74, 6) is 0.109. The second-order valence-corrected chi connectivity index (χ2v) is 4.62. The Morgan fingerprint density at radius 3 is 2.72 bits per heavy atom. The summed E-state index contributed by atoms with van der Waals surface area (Å²) < 4.78 is 0. The molecule has 0 spiro atoms. The first kappa shape index (κ1) is 14.4. The van der Waals surface area contributed by atoms with Crippen LogP contribution in [0.4, 0.5) is 5.82 Å². The van der Waals surface area contributed by atoms with E-state index in [0.717, 1.165) is 0 Å². The van der Waals surface area contributed by atoms with E-state index < -0.39 is 5.91 Å². The van der Waals surface area contributed by atoms with E-state index in [2.05, 4.69) is 9.97 Å². The number of hydrogen-bond donors (Lipinski definition) is 1. The summed E-state index contributed by atoms with van der Waals surface area (Å²) in [5.41, 5.74) is 5.36. The zero-order valence-electron chi connectivity index (χ0n) is 10.3. The standard InChI is InChI=1S/C11H15ClN4O2/c1-7(2)3-16(4-9(13)18)11-8(5-17)10(12)14-6-15-11/h5-7H,3-4H2,1-2H3,(H2,13,18). The number of hydrogen-bond acceptors (Lipinski definition) is 5. The summed E-state index contributed by atoms with van der Waals surface area (Å²) in [6.45, 7) is 4.48. The van der Waals surface area contributed by atoms with Crippen molar-refractivity contribution in [3.05, 3.63) is 17.0 Å². The molecule has 1 aromatic heterocycles. The number of carbonyl (C=O) groups is 2. The smallest absolute Gasteiger partial charge is 0.236 e. The van der Waals surface area contributed by atoms with Gasteiger partial charge in [-0.3, -0.25) is 9.59 Å². The minimum absolute atomic E-state index is 0.0215. The van der Waals surface area contributed by atoms with Gasteiger partial charge in [-0.25, -0.2) is 9.97 Å². The molecule has 0 saturated carbocycles. The lowest BCUT2D eigenvalue weighted by Crippen LogP contribution is -2.37. The van der Waals surface area contributed by atoms with Crippen LogP contribution in [0, 0.1) is 5.92 Å². The minimum atomic E-state index is -0.498. The lowest BCUT2D eigenvalue weighted by Gasteiger charge is -2.25. The molecule has 6 nitrogen and oxygen atoms in total. The SMILES string of the molecule is CC(C)CN(CC(N)=O)c1ncnc(Cl)c1C=O. The first-order valence-corrected chi connectivity index (χ1v) is 5.82. The topological polar surface area (TPSA) is 89.2 Å². The van der Waals surface area contributed by atoms with Crippen LogP contribution in [0.2, 0.25) is 5.15 Å². The molecule has 7 heteroatoms. The molecule has 18 heavy (non-hydrogen) atoms. The van der Waals surface area contributed by atoms with E-state index >= 15 is 0 Å². The maximum Gasteiger partial charge on any atom is 0.236 e. The molecule has 0 atom stereocenters.